The van der Waals surface area contributed by atoms with Gasteiger partial charge in [-0.1, -0.05) is 30.3 Å². The molecule has 5 nitrogen and oxygen atoms in total. The van der Waals surface area contributed by atoms with E-state index in [1.54, 1.807) is 30.5 Å². The minimum atomic E-state index is -0.228. The molecule has 0 unspecified atom stereocenters. The second-order valence-corrected chi connectivity index (χ2v) is 7.10. The highest BCUT2D eigenvalue weighted by Gasteiger charge is 2.23. The third-order valence-electron chi connectivity index (χ3n) is 5.17. The number of hydrogen-bond donors (Lipinski definition) is 1. The molecule has 1 amide bonds. The molecule has 2 heterocycles. The predicted molar refractivity (Wildman–Crippen MR) is 113 cm³/mol. The highest BCUT2D eigenvalue weighted by molar-refractivity contribution is 5.95. The van der Waals surface area contributed by atoms with Gasteiger partial charge in [0.05, 0.1) is 5.69 Å². The van der Waals surface area contributed by atoms with Crippen LogP contribution in [0.25, 0.3) is 0 Å². The molecule has 2 aromatic carbocycles. The fourth-order valence-corrected chi connectivity index (χ4v) is 3.52. The third-order valence-corrected chi connectivity index (χ3v) is 5.17. The van der Waals surface area contributed by atoms with Crippen molar-refractivity contribution in [3.05, 3.63) is 83.8 Å². The fraction of sp³-hybridized carbons (Fsp3) is 0.217. The van der Waals surface area contributed by atoms with E-state index in [1.165, 1.54) is 6.07 Å². The minimum Gasteiger partial charge on any atom is -0.366 e. The molecule has 1 fully saturated rings. The van der Waals surface area contributed by atoms with Gasteiger partial charge in [0.25, 0.3) is 5.91 Å². The molecule has 1 aliphatic rings. The summed E-state index contributed by atoms with van der Waals surface area (Å²) in [5, 5.41) is 3.27. The van der Waals surface area contributed by atoms with Gasteiger partial charge >= 0.3 is 0 Å². The summed E-state index contributed by atoms with van der Waals surface area (Å²) < 4.78 is 14.0. The first-order chi connectivity index (χ1) is 14.1. The number of para-hydroxylation sites is 2. The maximum atomic E-state index is 14.0. The number of nitrogens with one attached hydrogen (secondary N) is 1. The maximum Gasteiger partial charge on any atom is 0.254 e. The van der Waals surface area contributed by atoms with Crippen LogP contribution in [0, 0.1) is 12.7 Å². The first kappa shape index (κ1) is 18.9. The number of aromatic nitrogens is 1. The normalized spacial score (nSPS) is 14.0. The first-order valence-corrected chi connectivity index (χ1v) is 9.69. The lowest BCUT2D eigenvalue weighted by Crippen LogP contribution is -2.49. The summed E-state index contributed by atoms with van der Waals surface area (Å²) in [6.07, 6.45) is 1.64. The molecule has 29 heavy (non-hydrogen) atoms. The summed E-state index contributed by atoms with van der Waals surface area (Å²) in [5.74, 6) is 0.372. The van der Waals surface area contributed by atoms with E-state index < -0.39 is 0 Å². The quantitative estimate of drug-likeness (QED) is 0.724. The van der Waals surface area contributed by atoms with Crippen molar-refractivity contribution in [3.63, 3.8) is 0 Å². The predicted octanol–water partition coefficient (Wildman–Crippen LogP) is 4.24. The molecule has 0 radical (unpaired) electrons. The summed E-state index contributed by atoms with van der Waals surface area (Å²) in [6.45, 7) is 4.33. The van der Waals surface area contributed by atoms with Crippen LogP contribution in [0.3, 0.4) is 0 Å². The van der Waals surface area contributed by atoms with Gasteiger partial charge in [0, 0.05) is 43.6 Å². The lowest BCUT2D eigenvalue weighted by atomic mass is 10.1. The van der Waals surface area contributed by atoms with Gasteiger partial charge < -0.3 is 15.1 Å². The minimum absolute atomic E-state index is 0.0339. The van der Waals surface area contributed by atoms with Gasteiger partial charge in [-0.25, -0.2) is 9.37 Å². The Labute approximate surface area is 169 Å². The molecule has 0 saturated carbocycles. The molecule has 0 spiro atoms. The molecular formula is C23H23FN4O. The van der Waals surface area contributed by atoms with E-state index in [-0.39, 0.29) is 11.7 Å². The third kappa shape index (κ3) is 4.21. The Hall–Kier alpha value is -3.41. The van der Waals surface area contributed by atoms with Gasteiger partial charge in [-0.2, -0.15) is 0 Å². The number of nitrogens with zero attached hydrogens (tertiary/aromatic N) is 3. The van der Waals surface area contributed by atoms with Crippen LogP contribution in [0.15, 0.2) is 66.9 Å². The van der Waals surface area contributed by atoms with Crippen molar-refractivity contribution < 1.29 is 9.18 Å². The Kier molecular flexibility index (Phi) is 5.42. The molecule has 3 aromatic rings. The monoisotopic (exact) mass is 390 g/mol. The number of pyridine rings is 1. The van der Waals surface area contributed by atoms with E-state index in [2.05, 4.69) is 10.3 Å². The molecule has 0 bridgehead atoms. The smallest absolute Gasteiger partial charge is 0.254 e. The Bertz CT molecular complexity index is 1020. The molecule has 1 aliphatic heterocycles. The summed E-state index contributed by atoms with van der Waals surface area (Å²) in [7, 11) is 0. The van der Waals surface area contributed by atoms with Gasteiger partial charge in [-0.05, 0) is 42.8 Å². The summed E-state index contributed by atoms with van der Waals surface area (Å²) >= 11 is 0. The standard InChI is InChI=1S/C23H23FN4O/c1-17-6-2-4-8-20(17)26-22-16-18(10-11-25-22)23(29)28-14-12-27(13-15-28)21-9-5-3-7-19(21)24/h2-11,16H,12-15H2,1H3,(H,25,26). The van der Waals surface area contributed by atoms with Gasteiger partial charge in [0.2, 0.25) is 0 Å². The molecular weight excluding hydrogens is 367 g/mol. The number of piperazine rings is 1. The van der Waals surface area contributed by atoms with Crippen molar-refractivity contribution in [2.24, 2.45) is 0 Å². The number of hydrogen-bond acceptors (Lipinski definition) is 4. The van der Waals surface area contributed by atoms with Crippen molar-refractivity contribution >= 4 is 23.1 Å². The zero-order chi connectivity index (χ0) is 20.2. The number of amides is 1. The molecule has 6 heteroatoms. The molecule has 1 saturated heterocycles. The molecule has 1 N–H and O–H groups in total. The molecule has 1 aromatic heterocycles. The summed E-state index contributed by atoms with van der Waals surface area (Å²) in [5.41, 5.74) is 3.25. The van der Waals surface area contributed by atoms with Crippen LogP contribution in [0.2, 0.25) is 0 Å². The number of carbonyl (C=O) groups excluding carboxylic acids is 1. The summed E-state index contributed by atoms with van der Waals surface area (Å²) in [6, 6.07) is 18.2. The molecule has 0 aliphatic carbocycles. The molecule has 4 rings (SSSR count). The van der Waals surface area contributed by atoms with E-state index in [1.807, 2.05) is 47.1 Å². The average molecular weight is 390 g/mol. The van der Waals surface area contributed by atoms with Crippen molar-refractivity contribution in [2.75, 3.05) is 36.4 Å². The van der Waals surface area contributed by atoms with E-state index in [0.29, 0.717) is 43.2 Å². The second kappa shape index (κ2) is 8.31. The van der Waals surface area contributed by atoms with Crippen LogP contribution in [0.4, 0.5) is 21.6 Å². The largest absolute Gasteiger partial charge is 0.366 e. The summed E-state index contributed by atoms with van der Waals surface area (Å²) in [4.78, 5) is 21.1. The van der Waals surface area contributed by atoms with Crippen LogP contribution in [-0.2, 0) is 0 Å². The Morgan fingerprint density at radius 1 is 1.00 bits per heavy atom. The van der Waals surface area contributed by atoms with Crippen LogP contribution in [-0.4, -0.2) is 42.0 Å². The Morgan fingerprint density at radius 3 is 2.48 bits per heavy atom. The van der Waals surface area contributed by atoms with E-state index in [4.69, 9.17) is 0 Å². The second-order valence-electron chi connectivity index (χ2n) is 7.10. The van der Waals surface area contributed by atoms with E-state index in [0.717, 1.165) is 11.3 Å². The van der Waals surface area contributed by atoms with Gasteiger partial charge in [0.1, 0.15) is 11.6 Å². The number of rotatable bonds is 4. The fourth-order valence-electron chi connectivity index (χ4n) is 3.52. The van der Waals surface area contributed by atoms with E-state index in [9.17, 15) is 9.18 Å². The first-order valence-electron chi connectivity index (χ1n) is 9.69. The van der Waals surface area contributed by atoms with Crippen molar-refractivity contribution in [1.29, 1.82) is 0 Å². The highest BCUT2D eigenvalue weighted by Crippen LogP contribution is 2.22. The topological polar surface area (TPSA) is 48.5 Å². The van der Waals surface area contributed by atoms with E-state index >= 15 is 0 Å². The van der Waals surface area contributed by atoms with Gasteiger partial charge in [-0.3, -0.25) is 4.79 Å². The number of carbonyl (C=O) groups is 1. The number of aryl methyl sites for hydroxylation is 1. The highest BCUT2D eigenvalue weighted by atomic mass is 19.1. The maximum absolute atomic E-state index is 14.0. The van der Waals surface area contributed by atoms with Crippen molar-refractivity contribution in [2.45, 2.75) is 6.92 Å². The SMILES string of the molecule is Cc1ccccc1Nc1cc(C(=O)N2CCN(c3ccccc3F)CC2)ccn1. The number of halogens is 1. The average Bonchev–Trinajstić information content (AvgIpc) is 2.76. The Morgan fingerprint density at radius 2 is 1.72 bits per heavy atom. The van der Waals surface area contributed by atoms with Gasteiger partial charge in [-0.15, -0.1) is 0 Å². The van der Waals surface area contributed by atoms with Gasteiger partial charge in [0.15, 0.2) is 0 Å². The number of anilines is 3. The molecule has 0 atom stereocenters. The van der Waals surface area contributed by atoms with Crippen LogP contribution >= 0.6 is 0 Å². The van der Waals surface area contributed by atoms with Crippen molar-refractivity contribution in [3.8, 4) is 0 Å². The Balaban J connectivity index is 1.43. The van der Waals surface area contributed by atoms with Crippen LogP contribution in [0.5, 0.6) is 0 Å². The number of benzene rings is 2. The molecule has 148 valence electrons. The van der Waals surface area contributed by atoms with Crippen molar-refractivity contribution in [1.82, 2.24) is 9.88 Å². The lowest BCUT2D eigenvalue weighted by molar-refractivity contribution is 0.0746. The lowest BCUT2D eigenvalue weighted by Gasteiger charge is -2.36. The zero-order valence-electron chi connectivity index (χ0n) is 16.3. The zero-order valence-corrected chi connectivity index (χ0v) is 16.3. The van der Waals surface area contributed by atoms with Crippen LogP contribution in [0.1, 0.15) is 15.9 Å². The van der Waals surface area contributed by atoms with Crippen LogP contribution < -0.4 is 10.2 Å².